The number of rotatable bonds is 19. The molecule has 0 unspecified atom stereocenters. The summed E-state index contributed by atoms with van der Waals surface area (Å²) in [5.74, 6) is -4.39. The Morgan fingerprint density at radius 3 is 2.11 bits per heavy atom. The topological polar surface area (TPSA) is 174 Å². The zero-order valence-electron chi connectivity index (χ0n) is 34.7. The van der Waals surface area contributed by atoms with Crippen molar-refractivity contribution in [2.24, 2.45) is 23.7 Å². The van der Waals surface area contributed by atoms with Gasteiger partial charge in [-0.05, 0) is 44.4 Å². The molecule has 2 aliphatic heterocycles. The molecule has 14 nitrogen and oxygen atoms in total. The summed E-state index contributed by atoms with van der Waals surface area (Å²) in [5, 5.41) is 13.4. The van der Waals surface area contributed by atoms with Crippen LogP contribution in [0.15, 0.2) is 12.2 Å². The fraction of sp³-hybridized carbons (Fsp3) is 0.775. The molecule has 0 aromatic rings. The van der Waals surface area contributed by atoms with Gasteiger partial charge in [-0.3, -0.25) is 38.5 Å². The van der Waals surface area contributed by atoms with Gasteiger partial charge in [0.05, 0.1) is 12.1 Å². The van der Waals surface area contributed by atoms with Crippen LogP contribution < -0.4 is 5.32 Å². The molecule has 0 bridgehead atoms. The van der Waals surface area contributed by atoms with Crippen molar-refractivity contribution < 1.29 is 43.4 Å². The number of carbonyl (C=O) groups is 7. The van der Waals surface area contributed by atoms with Crippen LogP contribution in [-0.2, 0) is 38.3 Å². The van der Waals surface area contributed by atoms with Crippen LogP contribution in [-0.4, -0.2) is 129 Å². The van der Waals surface area contributed by atoms with Crippen LogP contribution in [0.25, 0.3) is 0 Å². The molecule has 0 aliphatic carbocycles. The van der Waals surface area contributed by atoms with Gasteiger partial charge in [0.25, 0.3) is 11.8 Å². The monoisotopic (exact) mass is 761 g/mol. The average Bonchev–Trinajstić information content (AvgIpc) is 3.66. The van der Waals surface area contributed by atoms with Gasteiger partial charge >= 0.3 is 5.97 Å². The van der Waals surface area contributed by atoms with Crippen LogP contribution >= 0.6 is 0 Å². The quantitative estimate of drug-likeness (QED) is 0.148. The Hall–Kier alpha value is -3.81. The largest absolute Gasteiger partial charge is 0.460 e. The first-order chi connectivity index (χ1) is 25.2. The van der Waals surface area contributed by atoms with Crippen molar-refractivity contribution in [1.29, 1.82) is 0 Å². The van der Waals surface area contributed by atoms with Gasteiger partial charge in [-0.1, -0.05) is 80.2 Å². The highest BCUT2D eigenvalue weighted by Gasteiger charge is 2.48. The number of ether oxygens (including phenoxy) is 1. The normalized spacial score (nSPS) is 22.3. The summed E-state index contributed by atoms with van der Waals surface area (Å²) < 4.78 is 5.43. The van der Waals surface area contributed by atoms with E-state index in [1.54, 1.807) is 33.9 Å². The number of unbranched alkanes of at least 4 members (excludes halogenated alkanes) is 1. The Labute approximate surface area is 322 Å². The Morgan fingerprint density at radius 2 is 1.59 bits per heavy atom. The van der Waals surface area contributed by atoms with Crippen LogP contribution in [0.5, 0.6) is 0 Å². The molecule has 2 heterocycles. The minimum absolute atomic E-state index is 0.0570. The molecule has 2 N–H and O–H groups in total. The lowest BCUT2D eigenvalue weighted by atomic mass is 9.91. The molecular formula is C40H67N5O9. The lowest BCUT2D eigenvalue weighted by Crippen LogP contribution is -2.62. The van der Waals surface area contributed by atoms with Gasteiger partial charge in [0.2, 0.25) is 23.6 Å². The number of likely N-dealkylation sites (tertiary alicyclic amines) is 1. The molecule has 10 atom stereocenters. The maximum Gasteiger partial charge on any atom is 0.302 e. The standard InChI is InChI=1S/C40H67N5O9/c1-13-15-16-25(6)19-26(7)37(50)42(11)31(20-24(5)14-2)36(49)41-34(28(9)54-29(10)46)39(52)43(12)35(23(3)4)40(53)44-22-30(47)21-32(44)38(51)45-27(8)17-18-33(45)48/h17-18,23-28,30-32,34-35,47H,13-16,19-22H2,1-12H3,(H,41,49)/t24-,25-,26-,27+,28-,30+,31+,32+,34+,35+/m1/s1. The van der Waals surface area contributed by atoms with E-state index in [-0.39, 0.29) is 30.7 Å². The highest BCUT2D eigenvalue weighted by Crippen LogP contribution is 2.27. The van der Waals surface area contributed by atoms with Crippen molar-refractivity contribution in [1.82, 2.24) is 24.9 Å². The van der Waals surface area contributed by atoms with Crippen LogP contribution in [0.1, 0.15) is 114 Å². The second kappa shape index (κ2) is 20.8. The van der Waals surface area contributed by atoms with E-state index in [0.717, 1.165) is 30.6 Å². The molecule has 306 valence electrons. The smallest absolute Gasteiger partial charge is 0.302 e. The highest BCUT2D eigenvalue weighted by molar-refractivity contribution is 6.06. The summed E-state index contributed by atoms with van der Waals surface area (Å²) >= 11 is 0. The fourth-order valence-corrected chi connectivity index (χ4v) is 7.60. The van der Waals surface area contributed by atoms with E-state index in [4.69, 9.17) is 4.74 Å². The number of hydrogen-bond acceptors (Lipinski definition) is 9. The third kappa shape index (κ3) is 11.8. The third-order valence-corrected chi connectivity index (χ3v) is 10.9. The Balaban J connectivity index is 2.44. The lowest BCUT2D eigenvalue weighted by Gasteiger charge is -2.38. The second-order valence-corrected chi connectivity index (χ2v) is 16.1. The lowest BCUT2D eigenvalue weighted by molar-refractivity contribution is -0.157. The number of esters is 1. The molecule has 0 aromatic carbocycles. The van der Waals surface area contributed by atoms with Gasteiger partial charge in [-0.25, -0.2) is 0 Å². The highest BCUT2D eigenvalue weighted by atomic mass is 16.5. The first kappa shape index (κ1) is 46.3. The van der Waals surface area contributed by atoms with Crippen molar-refractivity contribution >= 4 is 41.4 Å². The second-order valence-electron chi connectivity index (χ2n) is 16.1. The number of amides is 6. The van der Waals surface area contributed by atoms with Crippen molar-refractivity contribution in [3.8, 4) is 0 Å². The first-order valence-electron chi connectivity index (χ1n) is 19.7. The third-order valence-electron chi connectivity index (χ3n) is 10.9. The number of likely N-dealkylation sites (N-methyl/N-ethyl adjacent to an activating group) is 2. The number of aliphatic hydroxyl groups is 1. The molecule has 54 heavy (non-hydrogen) atoms. The van der Waals surface area contributed by atoms with E-state index >= 15 is 0 Å². The summed E-state index contributed by atoms with van der Waals surface area (Å²) in [6.07, 6.45) is 5.49. The Bertz CT molecular complexity index is 1380. The predicted octanol–water partition coefficient (Wildman–Crippen LogP) is 3.30. The minimum Gasteiger partial charge on any atom is -0.460 e. The van der Waals surface area contributed by atoms with E-state index < -0.39 is 83.8 Å². The van der Waals surface area contributed by atoms with Crippen molar-refractivity contribution in [3.63, 3.8) is 0 Å². The molecule has 0 saturated carbocycles. The van der Waals surface area contributed by atoms with Gasteiger partial charge < -0.3 is 29.9 Å². The van der Waals surface area contributed by atoms with Gasteiger partial charge in [0.1, 0.15) is 30.3 Å². The molecule has 6 amide bonds. The number of β-amino-alcohol motifs (C(OH)–C–C–N with tert-alkyl or cyclic N) is 1. The van der Waals surface area contributed by atoms with E-state index in [1.165, 1.54) is 41.7 Å². The summed E-state index contributed by atoms with van der Waals surface area (Å²) in [4.78, 5) is 99.9. The summed E-state index contributed by atoms with van der Waals surface area (Å²) in [5.41, 5.74) is 0. The van der Waals surface area contributed by atoms with Gasteiger partial charge in [-0.15, -0.1) is 0 Å². The maximum absolute atomic E-state index is 14.5. The Morgan fingerprint density at radius 1 is 0.963 bits per heavy atom. The predicted molar refractivity (Wildman–Crippen MR) is 204 cm³/mol. The summed E-state index contributed by atoms with van der Waals surface area (Å²) in [7, 11) is 3.00. The van der Waals surface area contributed by atoms with E-state index in [2.05, 4.69) is 19.2 Å². The van der Waals surface area contributed by atoms with E-state index in [1.807, 2.05) is 20.8 Å². The molecule has 2 aliphatic rings. The van der Waals surface area contributed by atoms with Gasteiger partial charge in [0, 0.05) is 46.0 Å². The average molecular weight is 762 g/mol. The van der Waals surface area contributed by atoms with E-state index in [0.29, 0.717) is 18.8 Å². The summed E-state index contributed by atoms with van der Waals surface area (Å²) in [6, 6.07) is -5.19. The zero-order chi connectivity index (χ0) is 41.2. The van der Waals surface area contributed by atoms with Crippen LogP contribution in [0.2, 0.25) is 0 Å². The van der Waals surface area contributed by atoms with Crippen molar-refractivity contribution in [2.45, 2.75) is 157 Å². The molecule has 0 aromatic heterocycles. The fourth-order valence-electron chi connectivity index (χ4n) is 7.60. The molecule has 1 fully saturated rings. The molecule has 1 saturated heterocycles. The minimum atomic E-state index is -1.44. The molecule has 0 radical (unpaired) electrons. The van der Waals surface area contributed by atoms with Crippen LogP contribution in [0, 0.1) is 23.7 Å². The zero-order valence-corrected chi connectivity index (χ0v) is 34.7. The number of aliphatic hydroxyl groups excluding tert-OH is 1. The molecule has 0 spiro atoms. The Kier molecular flexibility index (Phi) is 17.8. The number of carbonyl (C=O) groups excluding carboxylic acids is 7. The van der Waals surface area contributed by atoms with Crippen molar-refractivity contribution in [2.75, 3.05) is 20.6 Å². The number of imide groups is 1. The SMILES string of the molecule is CCCC[C@@H](C)C[C@@H](C)C(=O)N(C)[C@@H](C[C@H](C)CC)C(=O)N[C@H](C(=O)N(C)[C@H](C(=O)N1C[C@@H](O)C[C@H]1C(=O)N1C(=O)C=C[C@@H]1C)C(C)C)[C@@H](C)OC(C)=O. The van der Waals surface area contributed by atoms with Crippen LogP contribution in [0.3, 0.4) is 0 Å². The number of nitrogens with one attached hydrogen (secondary N) is 1. The van der Waals surface area contributed by atoms with E-state index in [9.17, 15) is 38.7 Å². The summed E-state index contributed by atoms with van der Waals surface area (Å²) in [6.45, 7) is 17.7. The van der Waals surface area contributed by atoms with Gasteiger partial charge in [-0.2, -0.15) is 0 Å². The molecular weight excluding hydrogens is 694 g/mol. The van der Waals surface area contributed by atoms with Gasteiger partial charge in [0.15, 0.2) is 0 Å². The first-order valence-corrected chi connectivity index (χ1v) is 19.7. The molecule has 2 rings (SSSR count). The molecule has 14 heteroatoms. The van der Waals surface area contributed by atoms with Crippen LogP contribution in [0.4, 0.5) is 0 Å². The number of nitrogens with zero attached hydrogens (tertiary/aromatic N) is 4. The number of hydrogen-bond donors (Lipinski definition) is 2. The van der Waals surface area contributed by atoms with Crippen molar-refractivity contribution in [3.05, 3.63) is 12.2 Å². The maximum atomic E-state index is 14.5.